The fourth-order valence-electron chi connectivity index (χ4n) is 3.47. The number of likely N-dealkylation sites (tertiary alicyclic amines) is 1. The van der Waals surface area contributed by atoms with Crippen LogP contribution in [-0.2, 0) is 4.79 Å². The number of halogens is 1. The van der Waals surface area contributed by atoms with E-state index >= 15 is 0 Å². The minimum absolute atomic E-state index is 0.0508. The van der Waals surface area contributed by atoms with Crippen LogP contribution in [-0.4, -0.2) is 36.5 Å². The maximum absolute atomic E-state index is 12.8. The number of benzene rings is 1. The number of carbonyl (C=O) groups is 1. The number of anilines is 1. The highest BCUT2D eigenvalue weighted by Crippen LogP contribution is 2.36. The van der Waals surface area contributed by atoms with Gasteiger partial charge in [-0.25, -0.2) is 4.39 Å². The van der Waals surface area contributed by atoms with Gasteiger partial charge < -0.3 is 11.1 Å². The number of carbonyl (C=O) groups excluding carboxylic acids is 1. The molecule has 4 nitrogen and oxygen atoms in total. The lowest BCUT2D eigenvalue weighted by Crippen LogP contribution is -2.34. The normalized spacial score (nSPS) is 29.4. The van der Waals surface area contributed by atoms with E-state index in [1.165, 1.54) is 18.6 Å². The first-order valence-corrected chi connectivity index (χ1v) is 7.15. The van der Waals surface area contributed by atoms with Crippen molar-refractivity contribution in [3.05, 3.63) is 30.1 Å². The van der Waals surface area contributed by atoms with E-state index in [-0.39, 0.29) is 11.7 Å². The second kappa shape index (κ2) is 5.50. The maximum Gasteiger partial charge on any atom is 0.238 e. The van der Waals surface area contributed by atoms with Crippen molar-refractivity contribution >= 4 is 11.6 Å². The summed E-state index contributed by atoms with van der Waals surface area (Å²) in [4.78, 5) is 14.2. The summed E-state index contributed by atoms with van der Waals surface area (Å²) in [6, 6.07) is 6.12. The van der Waals surface area contributed by atoms with Gasteiger partial charge >= 0.3 is 0 Å². The standard InChI is InChI=1S/C15H20FN3O/c16-11-2-4-12(5-3-11)18-15(20)9-19-7-10-1-6-14(17)13(10)8-19/h2-5,10,13-14H,1,6-9,17H2,(H,18,20). The largest absolute Gasteiger partial charge is 0.327 e. The van der Waals surface area contributed by atoms with E-state index < -0.39 is 0 Å². The average Bonchev–Trinajstić information content (AvgIpc) is 2.95. The van der Waals surface area contributed by atoms with Crippen LogP contribution in [0.3, 0.4) is 0 Å². The van der Waals surface area contributed by atoms with Gasteiger partial charge in [0, 0.05) is 24.8 Å². The van der Waals surface area contributed by atoms with E-state index in [2.05, 4.69) is 10.2 Å². The highest BCUT2D eigenvalue weighted by molar-refractivity contribution is 5.92. The van der Waals surface area contributed by atoms with Crippen LogP contribution in [0.25, 0.3) is 0 Å². The molecule has 1 aromatic carbocycles. The van der Waals surface area contributed by atoms with E-state index in [0.717, 1.165) is 19.5 Å². The molecule has 1 aromatic rings. The zero-order valence-corrected chi connectivity index (χ0v) is 11.4. The van der Waals surface area contributed by atoms with Crippen molar-refractivity contribution in [1.82, 2.24) is 4.90 Å². The van der Waals surface area contributed by atoms with E-state index in [4.69, 9.17) is 5.73 Å². The monoisotopic (exact) mass is 277 g/mol. The van der Waals surface area contributed by atoms with Crippen LogP contribution >= 0.6 is 0 Å². The fourth-order valence-corrected chi connectivity index (χ4v) is 3.47. The van der Waals surface area contributed by atoms with Crippen LogP contribution < -0.4 is 11.1 Å². The maximum atomic E-state index is 12.8. The molecular formula is C15H20FN3O. The molecule has 3 atom stereocenters. The smallest absolute Gasteiger partial charge is 0.238 e. The average molecular weight is 277 g/mol. The number of rotatable bonds is 3. The Morgan fingerprint density at radius 2 is 2.05 bits per heavy atom. The summed E-state index contributed by atoms with van der Waals surface area (Å²) in [5.41, 5.74) is 6.72. The van der Waals surface area contributed by atoms with Crippen LogP contribution in [0.4, 0.5) is 10.1 Å². The van der Waals surface area contributed by atoms with Crippen molar-refractivity contribution < 1.29 is 9.18 Å². The lowest BCUT2D eigenvalue weighted by molar-refractivity contribution is -0.117. The summed E-state index contributed by atoms with van der Waals surface area (Å²) in [6.07, 6.45) is 2.30. The lowest BCUT2D eigenvalue weighted by Gasteiger charge is -2.17. The van der Waals surface area contributed by atoms with Gasteiger partial charge in [0.25, 0.3) is 0 Å². The molecule has 1 amide bonds. The van der Waals surface area contributed by atoms with Gasteiger partial charge in [-0.05, 0) is 48.9 Å². The molecule has 0 spiro atoms. The molecule has 5 heteroatoms. The third-order valence-electron chi connectivity index (χ3n) is 4.48. The number of fused-ring (bicyclic) bond motifs is 1. The molecule has 1 heterocycles. The van der Waals surface area contributed by atoms with Gasteiger partial charge in [-0.15, -0.1) is 0 Å². The first-order chi connectivity index (χ1) is 9.61. The molecule has 3 N–H and O–H groups in total. The van der Waals surface area contributed by atoms with Crippen molar-refractivity contribution in [2.24, 2.45) is 17.6 Å². The number of amides is 1. The van der Waals surface area contributed by atoms with Crippen LogP contribution in [0, 0.1) is 17.7 Å². The predicted octanol–water partition coefficient (Wildman–Crippen LogP) is 1.43. The van der Waals surface area contributed by atoms with E-state index in [1.54, 1.807) is 12.1 Å². The minimum atomic E-state index is -0.302. The quantitative estimate of drug-likeness (QED) is 0.879. The number of nitrogens with zero attached hydrogens (tertiary/aromatic N) is 1. The Balaban J connectivity index is 1.51. The number of nitrogens with one attached hydrogen (secondary N) is 1. The van der Waals surface area contributed by atoms with Crippen LogP contribution in [0.2, 0.25) is 0 Å². The Morgan fingerprint density at radius 3 is 2.75 bits per heavy atom. The Hall–Kier alpha value is -1.46. The summed E-state index contributed by atoms with van der Waals surface area (Å²) in [5, 5.41) is 2.79. The van der Waals surface area contributed by atoms with E-state index in [1.807, 2.05) is 0 Å². The number of hydrogen-bond donors (Lipinski definition) is 2. The van der Waals surface area contributed by atoms with Crippen molar-refractivity contribution in [3.63, 3.8) is 0 Å². The molecule has 1 aliphatic heterocycles. The summed E-state index contributed by atoms with van der Waals surface area (Å²) in [5.74, 6) is 0.853. The highest BCUT2D eigenvalue weighted by Gasteiger charge is 2.41. The zero-order valence-electron chi connectivity index (χ0n) is 11.4. The molecule has 3 rings (SSSR count). The molecule has 0 bridgehead atoms. The van der Waals surface area contributed by atoms with E-state index in [0.29, 0.717) is 30.1 Å². The SMILES string of the molecule is NC1CCC2CN(CC(=O)Nc3ccc(F)cc3)CC12. The lowest BCUT2D eigenvalue weighted by atomic mass is 9.98. The zero-order chi connectivity index (χ0) is 14.1. The van der Waals surface area contributed by atoms with Gasteiger partial charge in [-0.2, -0.15) is 0 Å². The fraction of sp³-hybridized carbons (Fsp3) is 0.533. The highest BCUT2D eigenvalue weighted by atomic mass is 19.1. The van der Waals surface area contributed by atoms with Gasteiger partial charge in [0.05, 0.1) is 6.54 Å². The van der Waals surface area contributed by atoms with Crippen molar-refractivity contribution in [2.45, 2.75) is 18.9 Å². The molecule has 1 aliphatic carbocycles. The number of hydrogen-bond acceptors (Lipinski definition) is 3. The summed E-state index contributed by atoms with van der Waals surface area (Å²) in [6.45, 7) is 2.27. The van der Waals surface area contributed by atoms with Gasteiger partial charge in [-0.3, -0.25) is 9.69 Å². The molecule has 0 radical (unpaired) electrons. The summed E-state index contributed by atoms with van der Waals surface area (Å²) >= 11 is 0. The van der Waals surface area contributed by atoms with Gasteiger partial charge in [-0.1, -0.05) is 0 Å². The first kappa shape index (κ1) is 13.5. The van der Waals surface area contributed by atoms with Crippen LogP contribution in [0.5, 0.6) is 0 Å². The second-order valence-corrected chi connectivity index (χ2v) is 5.91. The third kappa shape index (κ3) is 2.83. The Labute approximate surface area is 118 Å². The second-order valence-electron chi connectivity index (χ2n) is 5.91. The first-order valence-electron chi connectivity index (χ1n) is 7.15. The molecular weight excluding hydrogens is 257 g/mol. The Morgan fingerprint density at radius 1 is 1.30 bits per heavy atom. The molecule has 1 saturated heterocycles. The molecule has 2 fully saturated rings. The van der Waals surface area contributed by atoms with Crippen molar-refractivity contribution in [3.8, 4) is 0 Å². The molecule has 20 heavy (non-hydrogen) atoms. The Bertz CT molecular complexity index is 490. The van der Waals surface area contributed by atoms with E-state index in [9.17, 15) is 9.18 Å². The summed E-state index contributed by atoms with van der Waals surface area (Å²) < 4.78 is 12.8. The Kier molecular flexibility index (Phi) is 3.72. The molecule has 3 unspecified atom stereocenters. The molecule has 2 aliphatic rings. The molecule has 0 aromatic heterocycles. The van der Waals surface area contributed by atoms with Gasteiger partial charge in [0.1, 0.15) is 5.82 Å². The minimum Gasteiger partial charge on any atom is -0.327 e. The van der Waals surface area contributed by atoms with Crippen molar-refractivity contribution in [2.75, 3.05) is 25.0 Å². The molecule has 108 valence electrons. The number of nitrogens with two attached hydrogens (primary N) is 1. The summed E-state index contributed by atoms with van der Waals surface area (Å²) in [7, 11) is 0. The van der Waals surface area contributed by atoms with Crippen LogP contribution in [0.15, 0.2) is 24.3 Å². The van der Waals surface area contributed by atoms with Crippen LogP contribution in [0.1, 0.15) is 12.8 Å². The molecule has 1 saturated carbocycles. The topological polar surface area (TPSA) is 58.4 Å². The van der Waals surface area contributed by atoms with Gasteiger partial charge in [0.15, 0.2) is 0 Å². The van der Waals surface area contributed by atoms with Gasteiger partial charge in [0.2, 0.25) is 5.91 Å². The van der Waals surface area contributed by atoms with Crippen molar-refractivity contribution in [1.29, 1.82) is 0 Å². The predicted molar refractivity (Wildman–Crippen MR) is 75.7 cm³/mol. The third-order valence-corrected chi connectivity index (χ3v) is 4.48.